The van der Waals surface area contributed by atoms with E-state index in [-0.39, 0.29) is 23.3 Å². The fourth-order valence-corrected chi connectivity index (χ4v) is 6.23. The van der Waals surface area contributed by atoms with E-state index in [0.29, 0.717) is 54.8 Å². The molecule has 2 N–H and O–H groups in total. The number of carbonyl (C=O) groups excluding carboxylic acids is 2. The summed E-state index contributed by atoms with van der Waals surface area (Å²) in [7, 11) is 3.37. The van der Waals surface area contributed by atoms with Crippen molar-refractivity contribution >= 4 is 35.0 Å². The van der Waals surface area contributed by atoms with Gasteiger partial charge in [0, 0.05) is 31.2 Å². The molecule has 1 aromatic carbocycles. The standard InChI is InChI=1S/C28H35FN6O3/c1-34-22-15-30-27(33-24(22)35(20-5-3-4-6-20)16-28(11-12-28)26(34)37)32-21-10-7-17(13-23(21)38-2)25(36)31-19-9-8-18(29)14-19/h7,10,13,15,18-20H,3-6,8-9,11-12,14,16H2,1-2H3,(H,31,36)(H,30,32,33)/t18-,19-/m1/s1. The zero-order valence-electron chi connectivity index (χ0n) is 22.0. The van der Waals surface area contributed by atoms with Crippen LogP contribution in [0, 0.1) is 5.41 Å². The second kappa shape index (κ2) is 9.71. The highest BCUT2D eigenvalue weighted by atomic mass is 19.1. The first-order valence-electron chi connectivity index (χ1n) is 13.7. The normalized spacial score (nSPS) is 24.3. The zero-order valence-corrected chi connectivity index (χ0v) is 22.0. The Morgan fingerprint density at radius 2 is 1.97 bits per heavy atom. The number of nitrogens with zero attached hydrogens (tertiary/aromatic N) is 4. The maximum Gasteiger partial charge on any atom is 0.251 e. The number of halogens is 1. The minimum absolute atomic E-state index is 0.142. The van der Waals surface area contributed by atoms with Gasteiger partial charge >= 0.3 is 0 Å². The van der Waals surface area contributed by atoms with Crippen LogP contribution in [0.25, 0.3) is 0 Å². The summed E-state index contributed by atoms with van der Waals surface area (Å²) < 4.78 is 19.1. The van der Waals surface area contributed by atoms with Gasteiger partial charge in [0.25, 0.3) is 5.91 Å². The van der Waals surface area contributed by atoms with E-state index in [1.165, 1.54) is 12.8 Å². The van der Waals surface area contributed by atoms with Crippen molar-refractivity contribution < 1.29 is 18.7 Å². The van der Waals surface area contributed by atoms with Gasteiger partial charge in [-0.25, -0.2) is 9.37 Å². The van der Waals surface area contributed by atoms with E-state index in [0.717, 1.165) is 37.2 Å². The summed E-state index contributed by atoms with van der Waals surface area (Å²) in [6.45, 7) is 0.696. The Bertz CT molecular complexity index is 1250. The van der Waals surface area contributed by atoms with Crippen LogP contribution in [0.2, 0.25) is 0 Å². The van der Waals surface area contributed by atoms with E-state index in [2.05, 4.69) is 20.5 Å². The van der Waals surface area contributed by atoms with Gasteiger partial charge in [0.1, 0.15) is 17.6 Å². The topological polar surface area (TPSA) is 99.7 Å². The molecule has 9 nitrogen and oxygen atoms in total. The minimum atomic E-state index is -0.848. The monoisotopic (exact) mass is 522 g/mol. The Labute approximate surface area is 222 Å². The van der Waals surface area contributed by atoms with Crippen molar-refractivity contribution in [1.29, 1.82) is 0 Å². The third-order valence-electron chi connectivity index (χ3n) is 8.65. The van der Waals surface area contributed by atoms with E-state index < -0.39 is 6.17 Å². The average Bonchev–Trinajstić information content (AvgIpc) is 3.30. The van der Waals surface area contributed by atoms with Gasteiger partial charge in [0.2, 0.25) is 11.9 Å². The van der Waals surface area contributed by atoms with Crippen LogP contribution in [0.15, 0.2) is 24.4 Å². The van der Waals surface area contributed by atoms with Crippen molar-refractivity contribution in [2.24, 2.45) is 5.41 Å². The molecule has 2 aromatic rings. The van der Waals surface area contributed by atoms with Gasteiger partial charge in [-0.1, -0.05) is 12.8 Å². The molecule has 38 heavy (non-hydrogen) atoms. The Kier molecular flexibility index (Phi) is 6.36. The summed E-state index contributed by atoms with van der Waals surface area (Å²) in [5, 5.41) is 6.17. The van der Waals surface area contributed by atoms with Crippen molar-refractivity contribution in [3.05, 3.63) is 30.0 Å². The van der Waals surface area contributed by atoms with Crippen LogP contribution >= 0.6 is 0 Å². The predicted octanol–water partition coefficient (Wildman–Crippen LogP) is 4.35. The molecule has 1 spiro atoms. The molecule has 1 aromatic heterocycles. The highest BCUT2D eigenvalue weighted by Gasteiger charge is 2.55. The first-order chi connectivity index (χ1) is 18.4. The number of carbonyl (C=O) groups is 2. The zero-order chi connectivity index (χ0) is 26.4. The summed E-state index contributed by atoms with van der Waals surface area (Å²) in [6, 6.07) is 5.36. The average molecular weight is 523 g/mol. The van der Waals surface area contributed by atoms with Crippen LogP contribution in [0.3, 0.4) is 0 Å². The number of methoxy groups -OCH3 is 1. The third kappa shape index (κ3) is 4.54. The van der Waals surface area contributed by atoms with Crippen LogP contribution in [0.4, 0.5) is 27.5 Å². The highest BCUT2D eigenvalue weighted by Crippen LogP contribution is 2.52. The van der Waals surface area contributed by atoms with E-state index in [1.54, 1.807) is 36.4 Å². The van der Waals surface area contributed by atoms with Gasteiger partial charge in [-0.2, -0.15) is 4.98 Å². The van der Waals surface area contributed by atoms with Crippen molar-refractivity contribution in [3.8, 4) is 5.75 Å². The number of aromatic nitrogens is 2. The van der Waals surface area contributed by atoms with Crippen LogP contribution in [0.1, 0.15) is 68.1 Å². The lowest BCUT2D eigenvalue weighted by atomic mass is 10.0. The Balaban J connectivity index is 1.26. The minimum Gasteiger partial charge on any atom is -0.495 e. The molecule has 2 heterocycles. The quantitative estimate of drug-likeness (QED) is 0.582. The number of fused-ring (bicyclic) bond motifs is 1. The van der Waals surface area contributed by atoms with Gasteiger partial charge in [0.15, 0.2) is 5.82 Å². The maximum atomic E-state index is 13.5. The SMILES string of the molecule is COc1cc(C(=O)N[C@@H]2CC[C@@H](F)C2)ccc1Nc1ncc2c(n1)N(C1CCCC1)CC1(CC1)C(=O)N2C. The van der Waals surface area contributed by atoms with Gasteiger partial charge in [-0.3, -0.25) is 9.59 Å². The molecule has 1 aliphatic heterocycles. The number of benzene rings is 1. The molecular weight excluding hydrogens is 487 g/mol. The first kappa shape index (κ1) is 24.9. The summed E-state index contributed by atoms with van der Waals surface area (Å²) in [5.74, 6) is 1.56. The van der Waals surface area contributed by atoms with Crippen LogP contribution in [-0.2, 0) is 4.79 Å². The number of hydrogen-bond acceptors (Lipinski definition) is 7. The first-order valence-corrected chi connectivity index (χ1v) is 13.7. The smallest absolute Gasteiger partial charge is 0.251 e. The van der Waals surface area contributed by atoms with Crippen LogP contribution in [0.5, 0.6) is 5.75 Å². The van der Waals surface area contributed by atoms with E-state index in [4.69, 9.17) is 9.72 Å². The summed E-state index contributed by atoms with van der Waals surface area (Å²) in [5.41, 5.74) is 1.49. The van der Waals surface area contributed by atoms with Gasteiger partial charge in [-0.05, 0) is 63.1 Å². The van der Waals surface area contributed by atoms with Crippen molar-refractivity contribution in [3.63, 3.8) is 0 Å². The number of nitrogens with one attached hydrogen (secondary N) is 2. The maximum absolute atomic E-state index is 13.5. The van der Waals surface area contributed by atoms with Gasteiger partial charge in [-0.15, -0.1) is 0 Å². The lowest BCUT2D eigenvalue weighted by Gasteiger charge is -2.31. The molecule has 2 amide bonds. The second-order valence-corrected chi connectivity index (χ2v) is 11.2. The Hall–Kier alpha value is -3.43. The number of hydrogen-bond donors (Lipinski definition) is 2. The summed E-state index contributed by atoms with van der Waals surface area (Å²) >= 11 is 0. The lowest BCUT2D eigenvalue weighted by Crippen LogP contribution is -2.41. The number of amides is 2. The molecule has 6 rings (SSSR count). The van der Waals surface area contributed by atoms with Crippen LogP contribution < -0.4 is 25.2 Å². The number of ether oxygens (including phenoxy) is 1. The largest absolute Gasteiger partial charge is 0.495 e. The predicted molar refractivity (Wildman–Crippen MR) is 143 cm³/mol. The molecule has 3 aliphatic carbocycles. The van der Waals surface area contributed by atoms with E-state index in [1.807, 2.05) is 7.05 Å². The molecule has 2 atom stereocenters. The molecule has 0 saturated heterocycles. The molecule has 10 heteroatoms. The number of rotatable bonds is 6. The third-order valence-corrected chi connectivity index (χ3v) is 8.65. The Morgan fingerprint density at radius 1 is 1.18 bits per heavy atom. The van der Waals surface area contributed by atoms with Crippen LogP contribution in [-0.4, -0.2) is 60.7 Å². The molecule has 3 saturated carbocycles. The number of alkyl halides is 1. The molecule has 4 aliphatic rings. The van der Waals surface area contributed by atoms with E-state index >= 15 is 0 Å². The molecule has 0 radical (unpaired) electrons. The lowest BCUT2D eigenvalue weighted by molar-refractivity contribution is -0.122. The van der Waals surface area contributed by atoms with Crippen molar-refractivity contribution in [2.75, 3.05) is 35.8 Å². The summed E-state index contributed by atoms with van der Waals surface area (Å²) in [6.07, 6.45) is 8.79. The molecule has 3 fully saturated rings. The van der Waals surface area contributed by atoms with E-state index in [9.17, 15) is 14.0 Å². The van der Waals surface area contributed by atoms with Crippen molar-refractivity contribution in [1.82, 2.24) is 15.3 Å². The van der Waals surface area contributed by atoms with Gasteiger partial charge in [0.05, 0.1) is 24.4 Å². The highest BCUT2D eigenvalue weighted by molar-refractivity contribution is 6.03. The number of anilines is 4. The fraction of sp³-hybridized carbons (Fsp3) is 0.571. The molecule has 0 unspecified atom stereocenters. The molecule has 202 valence electrons. The second-order valence-electron chi connectivity index (χ2n) is 11.2. The van der Waals surface area contributed by atoms with Gasteiger partial charge < -0.3 is 25.2 Å². The molecular formula is C28H35FN6O3. The van der Waals surface area contributed by atoms with Crippen molar-refractivity contribution in [2.45, 2.75) is 76.0 Å². The molecule has 0 bridgehead atoms. The summed E-state index contributed by atoms with van der Waals surface area (Å²) in [4.78, 5) is 39.6. The fourth-order valence-electron chi connectivity index (χ4n) is 6.23. The Morgan fingerprint density at radius 3 is 2.66 bits per heavy atom.